The van der Waals surface area contributed by atoms with E-state index in [-0.39, 0.29) is 17.7 Å². The normalized spacial score (nSPS) is 16.4. The number of pyridine rings is 1. The summed E-state index contributed by atoms with van der Waals surface area (Å²) in [6, 6.07) is 3.21. The van der Waals surface area contributed by atoms with Crippen molar-refractivity contribution in [1.29, 1.82) is 0 Å². The number of hydrogen-bond acceptors (Lipinski definition) is 3. The fourth-order valence-electron chi connectivity index (χ4n) is 2.31. The summed E-state index contributed by atoms with van der Waals surface area (Å²) >= 11 is 5.85. The van der Waals surface area contributed by atoms with E-state index in [4.69, 9.17) is 17.3 Å². The van der Waals surface area contributed by atoms with Crippen molar-refractivity contribution >= 4 is 23.4 Å². The number of carbonyl (C=O) groups is 2. The number of carbonyl (C=O) groups excluding carboxylic acids is 2. The summed E-state index contributed by atoms with van der Waals surface area (Å²) in [6.45, 7) is 1.26. The van der Waals surface area contributed by atoms with Gasteiger partial charge in [0.05, 0.1) is 0 Å². The Morgan fingerprint density at radius 2 is 2.11 bits per heavy atom. The maximum absolute atomic E-state index is 12.2. The lowest BCUT2D eigenvalue weighted by molar-refractivity contribution is -0.119. The molecule has 0 saturated carbocycles. The van der Waals surface area contributed by atoms with Gasteiger partial charge in [0.2, 0.25) is 5.91 Å². The maximum atomic E-state index is 12.2. The number of primary amides is 1. The summed E-state index contributed by atoms with van der Waals surface area (Å²) < 4.78 is 0. The molecule has 6 heteroatoms. The van der Waals surface area contributed by atoms with Gasteiger partial charge in [-0.15, -0.1) is 0 Å². The predicted octanol–water partition coefficient (Wildman–Crippen LogP) is 1.46. The van der Waals surface area contributed by atoms with Crippen LogP contribution in [0.15, 0.2) is 18.3 Å². The highest BCUT2D eigenvalue weighted by Crippen LogP contribution is 2.21. The fraction of sp³-hybridized carbons (Fsp3) is 0.462. The molecule has 0 aromatic carbocycles. The summed E-state index contributed by atoms with van der Waals surface area (Å²) in [6.07, 6.45) is 3.53. The lowest BCUT2D eigenvalue weighted by Crippen LogP contribution is -2.39. The van der Waals surface area contributed by atoms with Crippen LogP contribution in [0.5, 0.6) is 0 Å². The number of hydrogen-bond donors (Lipinski definition) is 1. The minimum absolute atomic E-state index is 0.111. The van der Waals surface area contributed by atoms with Crippen molar-refractivity contribution < 1.29 is 9.59 Å². The maximum Gasteiger partial charge on any atom is 0.272 e. The highest BCUT2D eigenvalue weighted by molar-refractivity contribution is 6.30. The molecule has 1 aliphatic heterocycles. The molecule has 1 aliphatic rings. The number of nitrogens with zero attached hydrogens (tertiary/aromatic N) is 2. The number of halogens is 1. The average Bonchev–Trinajstić information content (AvgIpc) is 2.38. The van der Waals surface area contributed by atoms with Crippen LogP contribution < -0.4 is 5.73 Å². The molecule has 0 unspecified atom stereocenters. The molecule has 1 aromatic rings. The van der Waals surface area contributed by atoms with Gasteiger partial charge >= 0.3 is 0 Å². The average molecular weight is 282 g/mol. The van der Waals surface area contributed by atoms with Crippen LogP contribution in [0.1, 0.15) is 29.8 Å². The second-order valence-electron chi connectivity index (χ2n) is 4.77. The minimum Gasteiger partial charge on any atom is -0.370 e. The highest BCUT2D eigenvalue weighted by atomic mass is 35.5. The Balaban J connectivity index is 1.94. The zero-order valence-corrected chi connectivity index (χ0v) is 11.3. The van der Waals surface area contributed by atoms with Crippen molar-refractivity contribution in [3.63, 3.8) is 0 Å². The van der Waals surface area contributed by atoms with E-state index in [1.165, 1.54) is 6.20 Å². The van der Waals surface area contributed by atoms with Crippen LogP contribution >= 0.6 is 11.6 Å². The van der Waals surface area contributed by atoms with Crippen molar-refractivity contribution in [2.75, 3.05) is 13.1 Å². The second-order valence-corrected chi connectivity index (χ2v) is 5.20. The minimum atomic E-state index is -0.277. The number of rotatable bonds is 3. The van der Waals surface area contributed by atoms with Gasteiger partial charge in [0, 0.05) is 30.7 Å². The van der Waals surface area contributed by atoms with Crippen molar-refractivity contribution in [2.45, 2.75) is 19.3 Å². The third-order valence-corrected chi connectivity index (χ3v) is 3.57. The molecular formula is C13H16ClN3O2. The smallest absolute Gasteiger partial charge is 0.272 e. The number of nitrogens with two attached hydrogens (primary N) is 1. The third kappa shape index (κ3) is 3.67. The summed E-state index contributed by atoms with van der Waals surface area (Å²) in [7, 11) is 0. The predicted molar refractivity (Wildman–Crippen MR) is 71.7 cm³/mol. The van der Waals surface area contributed by atoms with E-state index in [0.29, 0.717) is 30.2 Å². The van der Waals surface area contributed by atoms with Gasteiger partial charge in [-0.05, 0) is 30.9 Å². The first-order valence-electron chi connectivity index (χ1n) is 6.25. The van der Waals surface area contributed by atoms with Crippen LogP contribution in [0.2, 0.25) is 5.02 Å². The number of aromatic nitrogens is 1. The quantitative estimate of drug-likeness (QED) is 0.911. The van der Waals surface area contributed by atoms with Gasteiger partial charge in [-0.25, -0.2) is 0 Å². The molecule has 0 aliphatic carbocycles. The number of amides is 2. The second kappa shape index (κ2) is 6.02. The van der Waals surface area contributed by atoms with Gasteiger partial charge in [0.15, 0.2) is 0 Å². The molecule has 0 spiro atoms. The molecule has 0 atom stereocenters. The SMILES string of the molecule is NC(=O)CC1CCN(C(=O)c2cc(Cl)ccn2)CC1. The molecule has 1 fully saturated rings. The van der Waals surface area contributed by atoms with Gasteiger partial charge in [-0.1, -0.05) is 11.6 Å². The summed E-state index contributed by atoms with van der Waals surface area (Å²) in [4.78, 5) is 28.8. The Bertz CT molecular complexity index is 485. The van der Waals surface area contributed by atoms with Gasteiger partial charge < -0.3 is 10.6 Å². The van der Waals surface area contributed by atoms with Gasteiger partial charge in [-0.2, -0.15) is 0 Å². The third-order valence-electron chi connectivity index (χ3n) is 3.33. The van der Waals surface area contributed by atoms with E-state index in [9.17, 15) is 9.59 Å². The summed E-state index contributed by atoms with van der Waals surface area (Å²) in [5, 5.41) is 0.502. The zero-order valence-electron chi connectivity index (χ0n) is 10.5. The van der Waals surface area contributed by atoms with Gasteiger partial charge in [-0.3, -0.25) is 14.6 Å². The fourth-order valence-corrected chi connectivity index (χ4v) is 2.47. The monoisotopic (exact) mass is 281 g/mol. The first-order valence-corrected chi connectivity index (χ1v) is 6.63. The molecule has 2 N–H and O–H groups in total. The van der Waals surface area contributed by atoms with Crippen LogP contribution in [0.4, 0.5) is 0 Å². The van der Waals surface area contributed by atoms with Gasteiger partial charge in [0.1, 0.15) is 5.69 Å². The lowest BCUT2D eigenvalue weighted by atomic mass is 9.93. The Hall–Kier alpha value is -1.62. The Labute approximate surface area is 116 Å². The van der Waals surface area contributed by atoms with Crippen LogP contribution in [-0.4, -0.2) is 34.8 Å². The van der Waals surface area contributed by atoms with Crippen molar-refractivity contribution in [3.8, 4) is 0 Å². The first-order chi connectivity index (χ1) is 9.06. The van der Waals surface area contributed by atoms with Crippen LogP contribution in [0.25, 0.3) is 0 Å². The molecular weight excluding hydrogens is 266 g/mol. The van der Waals surface area contributed by atoms with Crippen LogP contribution in [-0.2, 0) is 4.79 Å². The van der Waals surface area contributed by atoms with E-state index in [1.54, 1.807) is 17.0 Å². The molecule has 2 amide bonds. The number of piperidine rings is 1. The standard InChI is InChI=1S/C13H16ClN3O2/c14-10-1-4-16-11(8-10)13(19)17-5-2-9(3-6-17)7-12(15)18/h1,4,8-9H,2-3,5-7H2,(H2,15,18). The molecule has 2 heterocycles. The highest BCUT2D eigenvalue weighted by Gasteiger charge is 2.25. The molecule has 102 valence electrons. The molecule has 0 radical (unpaired) electrons. The topological polar surface area (TPSA) is 76.3 Å². The molecule has 2 rings (SSSR count). The van der Waals surface area contributed by atoms with E-state index < -0.39 is 0 Å². The largest absolute Gasteiger partial charge is 0.370 e. The first kappa shape index (κ1) is 13.8. The van der Waals surface area contributed by atoms with E-state index in [1.807, 2.05) is 0 Å². The van der Waals surface area contributed by atoms with E-state index in [0.717, 1.165) is 12.8 Å². The van der Waals surface area contributed by atoms with Crippen molar-refractivity contribution in [2.24, 2.45) is 11.7 Å². The Morgan fingerprint density at radius 1 is 1.42 bits per heavy atom. The molecule has 5 nitrogen and oxygen atoms in total. The number of likely N-dealkylation sites (tertiary alicyclic amines) is 1. The van der Waals surface area contributed by atoms with E-state index in [2.05, 4.69) is 4.98 Å². The van der Waals surface area contributed by atoms with Crippen molar-refractivity contribution in [3.05, 3.63) is 29.0 Å². The molecule has 1 aromatic heterocycles. The summed E-state index contributed by atoms with van der Waals surface area (Å²) in [5.74, 6) is -0.102. The van der Waals surface area contributed by atoms with Crippen molar-refractivity contribution in [1.82, 2.24) is 9.88 Å². The molecule has 1 saturated heterocycles. The van der Waals surface area contributed by atoms with Gasteiger partial charge in [0.25, 0.3) is 5.91 Å². The van der Waals surface area contributed by atoms with E-state index >= 15 is 0 Å². The molecule has 19 heavy (non-hydrogen) atoms. The summed E-state index contributed by atoms with van der Waals surface area (Å²) in [5.41, 5.74) is 5.54. The Morgan fingerprint density at radius 3 is 2.68 bits per heavy atom. The lowest BCUT2D eigenvalue weighted by Gasteiger charge is -2.31. The Kier molecular flexibility index (Phi) is 4.37. The molecule has 0 bridgehead atoms. The van der Waals surface area contributed by atoms with Crippen LogP contribution in [0.3, 0.4) is 0 Å². The zero-order chi connectivity index (χ0) is 13.8. The van der Waals surface area contributed by atoms with Crippen LogP contribution in [0, 0.1) is 5.92 Å².